The summed E-state index contributed by atoms with van der Waals surface area (Å²) in [7, 11) is 1.63. The van der Waals surface area contributed by atoms with Gasteiger partial charge in [-0.05, 0) is 68.1 Å². The van der Waals surface area contributed by atoms with E-state index in [4.69, 9.17) is 4.74 Å². The fourth-order valence-corrected chi connectivity index (χ4v) is 5.04. The van der Waals surface area contributed by atoms with Crippen molar-refractivity contribution < 1.29 is 18.7 Å². The van der Waals surface area contributed by atoms with E-state index >= 15 is 4.39 Å². The number of nitrogens with zero attached hydrogens (tertiary/aromatic N) is 4. The van der Waals surface area contributed by atoms with Gasteiger partial charge in [0.2, 0.25) is 0 Å². The number of fused-ring (bicyclic) bond motifs is 1. The monoisotopic (exact) mass is 476 g/mol. The second-order valence-corrected chi connectivity index (χ2v) is 9.07. The molecule has 0 unspecified atom stereocenters. The Morgan fingerprint density at radius 2 is 1.89 bits per heavy atom. The molecule has 5 rings (SSSR count). The Labute approximate surface area is 204 Å². The van der Waals surface area contributed by atoms with Gasteiger partial charge in [0, 0.05) is 31.4 Å². The molecular formula is C27H29FN4O3. The van der Waals surface area contributed by atoms with E-state index in [1.54, 1.807) is 30.1 Å². The molecule has 8 heteroatoms. The van der Waals surface area contributed by atoms with Crippen molar-refractivity contribution in [1.82, 2.24) is 14.7 Å². The molecule has 1 aromatic heterocycles. The van der Waals surface area contributed by atoms with Gasteiger partial charge in [-0.1, -0.05) is 24.3 Å². The molecule has 0 spiro atoms. The summed E-state index contributed by atoms with van der Waals surface area (Å²) in [5.41, 5.74) is 3.42. The van der Waals surface area contributed by atoms with Crippen LogP contribution in [0.15, 0.2) is 42.5 Å². The van der Waals surface area contributed by atoms with E-state index in [1.807, 2.05) is 18.2 Å². The average Bonchev–Trinajstić information content (AvgIpc) is 3.62. The smallest absolute Gasteiger partial charge is 0.278 e. The molecule has 1 amide bonds. The van der Waals surface area contributed by atoms with Crippen molar-refractivity contribution >= 4 is 17.9 Å². The van der Waals surface area contributed by atoms with Crippen molar-refractivity contribution in [2.45, 2.75) is 25.7 Å². The maximum Gasteiger partial charge on any atom is 0.278 e. The van der Waals surface area contributed by atoms with Gasteiger partial charge in [-0.2, -0.15) is 5.10 Å². The first-order chi connectivity index (χ1) is 17.1. The summed E-state index contributed by atoms with van der Waals surface area (Å²) < 4.78 is 22.7. The third-order valence-corrected chi connectivity index (χ3v) is 6.86. The fraction of sp³-hybridized carbons (Fsp3) is 0.370. The number of ether oxygens (including phenoxy) is 1. The van der Waals surface area contributed by atoms with Gasteiger partial charge in [-0.25, -0.2) is 4.39 Å². The van der Waals surface area contributed by atoms with Gasteiger partial charge >= 0.3 is 0 Å². The van der Waals surface area contributed by atoms with Crippen LogP contribution in [0.5, 0.6) is 5.75 Å². The SMILES string of the molecule is Cn1nc(C(=O)N2CCc3c(-c4cccc(OCCCN5CCCC5)c4F)cccc32)cc1C=O. The molecule has 35 heavy (non-hydrogen) atoms. The van der Waals surface area contributed by atoms with Crippen LogP contribution in [0.3, 0.4) is 0 Å². The highest BCUT2D eigenvalue weighted by atomic mass is 19.1. The van der Waals surface area contributed by atoms with Crippen LogP contribution >= 0.6 is 0 Å². The molecule has 0 saturated carbocycles. The number of hydrogen-bond acceptors (Lipinski definition) is 5. The first-order valence-electron chi connectivity index (χ1n) is 12.1. The predicted octanol–water partition coefficient (Wildman–Crippen LogP) is 4.11. The number of amides is 1. The molecule has 1 fully saturated rings. The lowest BCUT2D eigenvalue weighted by Crippen LogP contribution is -2.29. The zero-order valence-electron chi connectivity index (χ0n) is 19.9. The van der Waals surface area contributed by atoms with Crippen LogP contribution in [0.4, 0.5) is 10.1 Å². The number of rotatable bonds is 8. The van der Waals surface area contributed by atoms with Crippen LogP contribution in [0.2, 0.25) is 0 Å². The molecular weight excluding hydrogens is 447 g/mol. The van der Waals surface area contributed by atoms with E-state index in [-0.39, 0.29) is 23.2 Å². The summed E-state index contributed by atoms with van der Waals surface area (Å²) in [6.07, 6.45) is 4.64. The van der Waals surface area contributed by atoms with E-state index < -0.39 is 0 Å². The minimum absolute atomic E-state index is 0.211. The second-order valence-electron chi connectivity index (χ2n) is 9.07. The predicted molar refractivity (Wildman–Crippen MR) is 132 cm³/mol. The fourth-order valence-electron chi connectivity index (χ4n) is 5.04. The molecule has 0 N–H and O–H groups in total. The summed E-state index contributed by atoms with van der Waals surface area (Å²) in [6.45, 7) is 4.19. The molecule has 2 aliphatic rings. The zero-order chi connectivity index (χ0) is 24.4. The van der Waals surface area contributed by atoms with Crippen LogP contribution in [0, 0.1) is 5.82 Å². The molecule has 0 bridgehead atoms. The third-order valence-electron chi connectivity index (χ3n) is 6.86. The molecule has 3 heterocycles. The standard InChI is InChI=1S/C27H29FN4O3/c1-30-19(18-33)17-23(29-30)27(34)32-15-11-21-20(7-4-9-24(21)32)22-8-5-10-25(26(22)28)35-16-6-14-31-12-2-3-13-31/h4-5,7-10,17-18H,2-3,6,11-16H2,1H3. The normalized spacial score (nSPS) is 15.4. The second kappa shape index (κ2) is 10.00. The summed E-state index contributed by atoms with van der Waals surface area (Å²) >= 11 is 0. The summed E-state index contributed by atoms with van der Waals surface area (Å²) in [5, 5.41) is 4.18. The van der Waals surface area contributed by atoms with Crippen LogP contribution in [-0.4, -0.2) is 59.7 Å². The summed E-state index contributed by atoms with van der Waals surface area (Å²) in [6, 6.07) is 12.3. The first kappa shape index (κ1) is 23.2. The topological polar surface area (TPSA) is 67.7 Å². The number of carbonyl (C=O) groups excluding carboxylic acids is 2. The minimum atomic E-state index is -0.382. The van der Waals surface area contributed by atoms with Gasteiger partial charge < -0.3 is 14.5 Å². The highest BCUT2D eigenvalue weighted by Gasteiger charge is 2.30. The molecule has 2 aromatic carbocycles. The lowest BCUT2D eigenvalue weighted by Gasteiger charge is -2.17. The Bertz CT molecular complexity index is 1250. The maximum atomic E-state index is 15.5. The summed E-state index contributed by atoms with van der Waals surface area (Å²) in [5.74, 6) is -0.408. The molecule has 3 aromatic rings. The van der Waals surface area contributed by atoms with Crippen LogP contribution in [0.1, 0.15) is 45.8 Å². The highest BCUT2D eigenvalue weighted by molar-refractivity contribution is 6.07. The number of likely N-dealkylation sites (tertiary alicyclic amines) is 1. The Balaban J connectivity index is 1.35. The highest BCUT2D eigenvalue weighted by Crippen LogP contribution is 2.39. The molecule has 2 aliphatic heterocycles. The van der Waals surface area contributed by atoms with E-state index in [1.165, 1.54) is 23.6 Å². The van der Waals surface area contributed by atoms with Crippen LogP contribution in [0.25, 0.3) is 11.1 Å². The van der Waals surface area contributed by atoms with Crippen molar-refractivity contribution in [2.75, 3.05) is 37.7 Å². The Morgan fingerprint density at radius 3 is 2.66 bits per heavy atom. The Kier molecular flexibility index (Phi) is 6.63. The minimum Gasteiger partial charge on any atom is -0.490 e. The van der Waals surface area contributed by atoms with E-state index in [0.717, 1.165) is 42.9 Å². The molecule has 182 valence electrons. The number of aromatic nitrogens is 2. The van der Waals surface area contributed by atoms with E-state index in [9.17, 15) is 9.59 Å². The molecule has 1 saturated heterocycles. The van der Waals surface area contributed by atoms with Crippen molar-refractivity contribution in [3.05, 3.63) is 65.2 Å². The van der Waals surface area contributed by atoms with Gasteiger partial charge in [0.15, 0.2) is 23.5 Å². The maximum absolute atomic E-state index is 15.5. The number of anilines is 1. The Morgan fingerprint density at radius 1 is 1.11 bits per heavy atom. The molecule has 0 radical (unpaired) electrons. The number of halogens is 1. The molecule has 0 atom stereocenters. The van der Waals surface area contributed by atoms with Crippen molar-refractivity contribution in [2.24, 2.45) is 7.05 Å². The Hall–Kier alpha value is -3.52. The lowest BCUT2D eigenvalue weighted by atomic mass is 9.97. The van der Waals surface area contributed by atoms with Gasteiger partial charge in [0.1, 0.15) is 5.69 Å². The first-order valence-corrected chi connectivity index (χ1v) is 12.1. The third kappa shape index (κ3) is 4.58. The number of carbonyl (C=O) groups is 2. The zero-order valence-corrected chi connectivity index (χ0v) is 19.9. The molecule has 7 nitrogen and oxygen atoms in total. The number of benzene rings is 2. The molecule has 0 aliphatic carbocycles. The van der Waals surface area contributed by atoms with Gasteiger partial charge in [-0.15, -0.1) is 0 Å². The largest absolute Gasteiger partial charge is 0.490 e. The number of aldehydes is 1. The quantitative estimate of drug-likeness (QED) is 0.362. The van der Waals surface area contributed by atoms with Crippen LogP contribution < -0.4 is 9.64 Å². The number of aryl methyl sites for hydroxylation is 1. The average molecular weight is 477 g/mol. The van der Waals surface area contributed by atoms with E-state index in [0.29, 0.717) is 37.1 Å². The summed E-state index contributed by atoms with van der Waals surface area (Å²) in [4.78, 5) is 28.4. The van der Waals surface area contributed by atoms with Gasteiger partial charge in [0.05, 0.1) is 6.61 Å². The van der Waals surface area contributed by atoms with Gasteiger partial charge in [0.25, 0.3) is 5.91 Å². The van der Waals surface area contributed by atoms with E-state index in [2.05, 4.69) is 10.00 Å². The van der Waals surface area contributed by atoms with Crippen molar-refractivity contribution in [3.8, 4) is 16.9 Å². The van der Waals surface area contributed by atoms with Crippen molar-refractivity contribution in [3.63, 3.8) is 0 Å². The van der Waals surface area contributed by atoms with Crippen molar-refractivity contribution in [1.29, 1.82) is 0 Å². The van der Waals surface area contributed by atoms with Gasteiger partial charge in [-0.3, -0.25) is 14.3 Å². The van der Waals surface area contributed by atoms with Crippen LogP contribution in [-0.2, 0) is 13.5 Å². The lowest BCUT2D eigenvalue weighted by molar-refractivity contribution is 0.0983. The number of hydrogen-bond donors (Lipinski definition) is 0.